The summed E-state index contributed by atoms with van der Waals surface area (Å²) in [6, 6.07) is 5.34. The Morgan fingerprint density at radius 3 is 2.32 bits per heavy atom. The first kappa shape index (κ1) is 14.1. The number of methoxy groups -OCH3 is 2. The zero-order chi connectivity index (χ0) is 15.5. The Balaban J connectivity index is 1.86. The number of rotatable bonds is 5. The van der Waals surface area contributed by atoms with Crippen molar-refractivity contribution in [1.82, 2.24) is 20.3 Å². The Hall–Kier alpha value is -2.90. The van der Waals surface area contributed by atoms with Gasteiger partial charge in [0, 0.05) is 11.6 Å². The lowest BCUT2D eigenvalue weighted by molar-refractivity contribution is 0.370. The maximum absolute atomic E-state index is 5.62. The quantitative estimate of drug-likeness (QED) is 0.706. The van der Waals surface area contributed by atoms with E-state index in [1.54, 1.807) is 39.3 Å². The largest absolute Gasteiger partial charge is 0.497 e. The van der Waals surface area contributed by atoms with Crippen LogP contribution < -0.4 is 9.47 Å². The van der Waals surface area contributed by atoms with Gasteiger partial charge >= 0.3 is 0 Å². The highest BCUT2D eigenvalue weighted by molar-refractivity contribution is 5.59. The van der Waals surface area contributed by atoms with Crippen molar-refractivity contribution in [2.45, 2.75) is 13.3 Å². The van der Waals surface area contributed by atoms with Crippen LogP contribution in [0.3, 0.4) is 0 Å². The summed E-state index contributed by atoms with van der Waals surface area (Å²) in [6.07, 6.45) is 0.287. The Kier molecular flexibility index (Phi) is 3.73. The van der Waals surface area contributed by atoms with Crippen LogP contribution in [0.15, 0.2) is 27.1 Å². The van der Waals surface area contributed by atoms with Crippen LogP contribution >= 0.6 is 0 Å². The minimum absolute atomic E-state index is 0.287. The molecule has 0 unspecified atom stereocenters. The standard InChI is InChI=1S/C14H14N4O4/c1-8-15-12(22-18-8)7-13-16-17-14(21-13)9-4-10(19-2)6-11(5-9)20-3/h4-6H,7H2,1-3H3. The van der Waals surface area contributed by atoms with Crippen LogP contribution in [0.2, 0.25) is 0 Å². The summed E-state index contributed by atoms with van der Waals surface area (Å²) in [5.41, 5.74) is 0.705. The van der Waals surface area contributed by atoms with Crippen molar-refractivity contribution >= 4 is 0 Å². The Bertz CT molecular complexity index is 759. The SMILES string of the molecule is COc1cc(OC)cc(-c2nnc(Cc3nc(C)no3)o2)c1. The minimum atomic E-state index is 0.287. The van der Waals surface area contributed by atoms with E-state index in [-0.39, 0.29) is 6.42 Å². The molecule has 0 atom stereocenters. The molecule has 3 aromatic rings. The van der Waals surface area contributed by atoms with Gasteiger partial charge < -0.3 is 18.4 Å². The molecule has 8 nitrogen and oxygen atoms in total. The van der Waals surface area contributed by atoms with Gasteiger partial charge in [-0.3, -0.25) is 0 Å². The fourth-order valence-corrected chi connectivity index (χ4v) is 1.91. The first-order chi connectivity index (χ1) is 10.7. The molecule has 3 rings (SSSR count). The molecule has 0 fully saturated rings. The fraction of sp³-hybridized carbons (Fsp3) is 0.286. The van der Waals surface area contributed by atoms with E-state index < -0.39 is 0 Å². The maximum Gasteiger partial charge on any atom is 0.248 e. The first-order valence-electron chi connectivity index (χ1n) is 6.53. The van der Waals surface area contributed by atoms with E-state index in [0.29, 0.717) is 40.6 Å². The molecule has 0 saturated heterocycles. The van der Waals surface area contributed by atoms with E-state index in [1.165, 1.54) is 0 Å². The van der Waals surface area contributed by atoms with Gasteiger partial charge in [-0.1, -0.05) is 5.16 Å². The Morgan fingerprint density at radius 2 is 1.73 bits per heavy atom. The molecule has 0 N–H and O–H groups in total. The summed E-state index contributed by atoms with van der Waals surface area (Å²) in [7, 11) is 3.16. The van der Waals surface area contributed by atoms with Gasteiger partial charge in [-0.25, -0.2) is 0 Å². The molecule has 0 spiro atoms. The van der Waals surface area contributed by atoms with Crippen molar-refractivity contribution in [3.05, 3.63) is 35.8 Å². The molecule has 8 heteroatoms. The summed E-state index contributed by atoms with van der Waals surface area (Å²) >= 11 is 0. The number of aromatic nitrogens is 4. The van der Waals surface area contributed by atoms with Gasteiger partial charge in [-0.2, -0.15) is 4.98 Å². The lowest BCUT2D eigenvalue weighted by Crippen LogP contribution is -1.89. The molecular formula is C14H14N4O4. The van der Waals surface area contributed by atoms with Crippen LogP contribution in [-0.2, 0) is 6.42 Å². The molecule has 2 heterocycles. The number of ether oxygens (including phenoxy) is 2. The van der Waals surface area contributed by atoms with Crippen molar-refractivity contribution in [2.24, 2.45) is 0 Å². The molecule has 22 heavy (non-hydrogen) atoms. The zero-order valence-corrected chi connectivity index (χ0v) is 12.4. The predicted octanol–water partition coefficient (Wildman–Crippen LogP) is 2.04. The van der Waals surface area contributed by atoms with E-state index in [2.05, 4.69) is 20.3 Å². The van der Waals surface area contributed by atoms with Gasteiger partial charge in [0.1, 0.15) is 17.9 Å². The smallest absolute Gasteiger partial charge is 0.248 e. The second-order valence-corrected chi connectivity index (χ2v) is 4.51. The molecule has 0 amide bonds. The average Bonchev–Trinajstić information content (AvgIpc) is 3.16. The highest BCUT2D eigenvalue weighted by atomic mass is 16.5. The second-order valence-electron chi connectivity index (χ2n) is 4.51. The lowest BCUT2D eigenvalue weighted by Gasteiger charge is -2.05. The van der Waals surface area contributed by atoms with Crippen LogP contribution in [0.1, 0.15) is 17.6 Å². The number of hydrogen-bond donors (Lipinski definition) is 0. The Labute approximate surface area is 126 Å². The van der Waals surface area contributed by atoms with Gasteiger partial charge in [0.05, 0.1) is 14.2 Å². The number of aryl methyl sites for hydroxylation is 1. The molecule has 114 valence electrons. The van der Waals surface area contributed by atoms with Crippen LogP contribution in [0.4, 0.5) is 0 Å². The van der Waals surface area contributed by atoms with E-state index in [4.69, 9.17) is 18.4 Å². The molecule has 0 aliphatic carbocycles. The zero-order valence-electron chi connectivity index (χ0n) is 12.4. The van der Waals surface area contributed by atoms with Gasteiger partial charge in [-0.05, 0) is 19.1 Å². The maximum atomic E-state index is 5.62. The normalized spacial score (nSPS) is 10.7. The van der Waals surface area contributed by atoms with Crippen LogP contribution in [0.25, 0.3) is 11.5 Å². The van der Waals surface area contributed by atoms with Gasteiger partial charge in [0.25, 0.3) is 0 Å². The summed E-state index contributed by atoms with van der Waals surface area (Å²) in [5, 5.41) is 11.7. The summed E-state index contributed by atoms with van der Waals surface area (Å²) in [6.45, 7) is 1.74. The van der Waals surface area contributed by atoms with Crippen molar-refractivity contribution in [3.63, 3.8) is 0 Å². The van der Waals surface area contributed by atoms with E-state index in [0.717, 1.165) is 0 Å². The van der Waals surface area contributed by atoms with E-state index in [1.807, 2.05) is 0 Å². The third-order valence-corrected chi connectivity index (χ3v) is 2.94. The Morgan fingerprint density at radius 1 is 1.00 bits per heavy atom. The third-order valence-electron chi connectivity index (χ3n) is 2.94. The third kappa shape index (κ3) is 2.90. The molecule has 1 aromatic carbocycles. The van der Waals surface area contributed by atoms with Gasteiger partial charge in [0.2, 0.25) is 17.7 Å². The van der Waals surface area contributed by atoms with E-state index in [9.17, 15) is 0 Å². The predicted molar refractivity (Wildman–Crippen MR) is 74.7 cm³/mol. The highest BCUT2D eigenvalue weighted by Crippen LogP contribution is 2.29. The summed E-state index contributed by atoms with van der Waals surface area (Å²) in [4.78, 5) is 4.10. The monoisotopic (exact) mass is 302 g/mol. The topological polar surface area (TPSA) is 96.3 Å². The molecule has 0 aliphatic heterocycles. The average molecular weight is 302 g/mol. The lowest BCUT2D eigenvalue weighted by atomic mass is 10.2. The summed E-state index contributed by atoms with van der Waals surface area (Å²) < 4.78 is 21.1. The van der Waals surface area contributed by atoms with Crippen molar-refractivity contribution in [1.29, 1.82) is 0 Å². The number of nitrogens with zero attached hydrogens (tertiary/aromatic N) is 4. The molecular weight excluding hydrogens is 288 g/mol. The molecule has 0 bridgehead atoms. The molecule has 0 radical (unpaired) electrons. The second kappa shape index (κ2) is 5.84. The highest BCUT2D eigenvalue weighted by Gasteiger charge is 2.14. The molecule has 0 saturated carbocycles. The number of hydrogen-bond acceptors (Lipinski definition) is 8. The fourth-order valence-electron chi connectivity index (χ4n) is 1.91. The van der Waals surface area contributed by atoms with Gasteiger partial charge in [-0.15, -0.1) is 10.2 Å². The minimum Gasteiger partial charge on any atom is -0.497 e. The first-order valence-corrected chi connectivity index (χ1v) is 6.53. The van der Waals surface area contributed by atoms with Gasteiger partial charge in [0.15, 0.2) is 5.82 Å². The van der Waals surface area contributed by atoms with Crippen LogP contribution in [-0.4, -0.2) is 34.6 Å². The molecule has 0 aliphatic rings. The number of benzene rings is 1. The van der Waals surface area contributed by atoms with Crippen molar-refractivity contribution in [3.8, 4) is 23.0 Å². The van der Waals surface area contributed by atoms with Crippen LogP contribution in [0, 0.1) is 6.92 Å². The van der Waals surface area contributed by atoms with E-state index >= 15 is 0 Å². The van der Waals surface area contributed by atoms with Crippen LogP contribution in [0.5, 0.6) is 11.5 Å². The van der Waals surface area contributed by atoms with Crippen molar-refractivity contribution in [2.75, 3.05) is 14.2 Å². The molecule has 2 aromatic heterocycles. The van der Waals surface area contributed by atoms with Crippen molar-refractivity contribution < 1.29 is 18.4 Å². The summed E-state index contributed by atoms with van der Waals surface area (Å²) in [5.74, 6) is 3.02.